The third-order valence-corrected chi connectivity index (χ3v) is 6.04. The molecule has 2 aliphatic rings. The van der Waals surface area contributed by atoms with Crippen LogP contribution in [0.4, 0.5) is 17.6 Å². The molecule has 10 nitrogen and oxygen atoms in total. The molecule has 10 heteroatoms. The number of hydrogen-bond donors (Lipinski definition) is 2. The van der Waals surface area contributed by atoms with Crippen LogP contribution in [-0.4, -0.2) is 97.7 Å². The highest BCUT2D eigenvalue weighted by atomic mass is 16.5. The van der Waals surface area contributed by atoms with Gasteiger partial charge in [0.05, 0.1) is 19.8 Å². The van der Waals surface area contributed by atoms with E-state index in [0.29, 0.717) is 42.7 Å². The third kappa shape index (κ3) is 4.54. The largest absolute Gasteiger partial charge is 0.395 e. The minimum Gasteiger partial charge on any atom is -0.395 e. The first-order chi connectivity index (χ1) is 16.2. The van der Waals surface area contributed by atoms with Crippen molar-refractivity contribution in [2.24, 2.45) is 0 Å². The van der Waals surface area contributed by atoms with E-state index in [9.17, 15) is 5.11 Å². The van der Waals surface area contributed by atoms with Crippen molar-refractivity contribution < 1.29 is 9.84 Å². The second-order valence-corrected chi connectivity index (χ2v) is 8.26. The molecule has 0 spiro atoms. The number of rotatable bonds is 6. The van der Waals surface area contributed by atoms with Crippen LogP contribution in [0.1, 0.15) is 0 Å². The molecule has 33 heavy (non-hydrogen) atoms. The molecule has 0 amide bonds. The molecule has 0 radical (unpaired) electrons. The Kier molecular flexibility index (Phi) is 6.47. The van der Waals surface area contributed by atoms with Crippen LogP contribution in [0.5, 0.6) is 0 Å². The first-order valence-corrected chi connectivity index (χ1v) is 11.5. The van der Waals surface area contributed by atoms with Gasteiger partial charge < -0.3 is 29.9 Å². The lowest BCUT2D eigenvalue weighted by Gasteiger charge is -2.30. The third-order valence-electron chi connectivity index (χ3n) is 6.04. The van der Waals surface area contributed by atoms with Gasteiger partial charge in [0.15, 0.2) is 22.8 Å². The number of morpholine rings is 1. The molecule has 1 aromatic carbocycles. The van der Waals surface area contributed by atoms with Crippen LogP contribution in [-0.2, 0) is 4.74 Å². The van der Waals surface area contributed by atoms with E-state index >= 15 is 0 Å². The maximum absolute atomic E-state index is 9.58. The second kappa shape index (κ2) is 9.82. The smallest absolute Gasteiger partial charge is 0.229 e. The van der Waals surface area contributed by atoms with Gasteiger partial charge in [-0.1, -0.05) is 30.3 Å². The molecule has 2 N–H and O–H groups in total. The zero-order valence-corrected chi connectivity index (χ0v) is 18.9. The summed E-state index contributed by atoms with van der Waals surface area (Å²) in [4.78, 5) is 26.2. The minimum atomic E-state index is 0.0236. The Morgan fingerprint density at radius 1 is 0.970 bits per heavy atom. The summed E-state index contributed by atoms with van der Waals surface area (Å²) in [6.07, 6.45) is 0. The van der Waals surface area contributed by atoms with E-state index in [1.165, 1.54) is 0 Å². The number of aliphatic hydroxyl groups is 1. The Morgan fingerprint density at radius 3 is 2.45 bits per heavy atom. The number of ether oxygens (including phenoxy) is 1. The summed E-state index contributed by atoms with van der Waals surface area (Å²) in [6, 6.07) is 10.1. The van der Waals surface area contributed by atoms with Crippen LogP contribution in [0.3, 0.4) is 0 Å². The highest BCUT2D eigenvalue weighted by Crippen LogP contribution is 2.33. The Hall–Kier alpha value is -3.08. The SMILES string of the molecule is CN(CCO)c1nc(N2CCNCC2)nc2nc(N3CCOCC3)c(-c3ccccc3)nc12. The number of nitrogens with one attached hydrogen (secondary N) is 1. The van der Waals surface area contributed by atoms with Crippen LogP contribution in [0.15, 0.2) is 30.3 Å². The van der Waals surface area contributed by atoms with E-state index in [1.807, 2.05) is 42.3 Å². The number of aliphatic hydroxyl groups excluding tert-OH is 1. The second-order valence-electron chi connectivity index (χ2n) is 8.26. The van der Waals surface area contributed by atoms with Gasteiger partial charge in [-0.2, -0.15) is 9.97 Å². The molecule has 174 valence electrons. The molecule has 0 saturated carbocycles. The molecule has 2 saturated heterocycles. The number of anilines is 3. The number of piperazine rings is 1. The lowest BCUT2D eigenvalue weighted by atomic mass is 10.1. The first-order valence-electron chi connectivity index (χ1n) is 11.5. The van der Waals surface area contributed by atoms with Gasteiger partial charge in [0.25, 0.3) is 0 Å². The fourth-order valence-electron chi connectivity index (χ4n) is 4.23. The lowest BCUT2D eigenvalue weighted by Crippen LogP contribution is -2.44. The van der Waals surface area contributed by atoms with Crippen LogP contribution in [0.25, 0.3) is 22.4 Å². The van der Waals surface area contributed by atoms with E-state index in [0.717, 1.165) is 56.3 Å². The van der Waals surface area contributed by atoms with Crippen molar-refractivity contribution in [2.45, 2.75) is 0 Å². The predicted molar refractivity (Wildman–Crippen MR) is 129 cm³/mol. The highest BCUT2D eigenvalue weighted by molar-refractivity contribution is 5.89. The summed E-state index contributed by atoms with van der Waals surface area (Å²) >= 11 is 0. The standard InChI is InChI=1S/C23H30N8O2/c1-29(11-14-32)21-19-20(27-23(28-21)31-9-7-24-8-10-31)26-22(30-12-15-33-16-13-30)18(25-19)17-5-3-2-4-6-17/h2-6,24,32H,7-16H2,1H3. The summed E-state index contributed by atoms with van der Waals surface area (Å²) in [7, 11) is 1.92. The average Bonchev–Trinajstić information content (AvgIpc) is 2.89. The van der Waals surface area contributed by atoms with Gasteiger partial charge in [0.2, 0.25) is 5.95 Å². The van der Waals surface area contributed by atoms with Crippen molar-refractivity contribution in [3.05, 3.63) is 30.3 Å². The maximum atomic E-state index is 9.58. The van der Waals surface area contributed by atoms with Gasteiger partial charge >= 0.3 is 0 Å². The lowest BCUT2D eigenvalue weighted by molar-refractivity contribution is 0.122. The van der Waals surface area contributed by atoms with Gasteiger partial charge in [0.1, 0.15) is 5.69 Å². The van der Waals surface area contributed by atoms with Crippen molar-refractivity contribution in [1.82, 2.24) is 25.3 Å². The number of aromatic nitrogens is 4. The minimum absolute atomic E-state index is 0.0236. The molecule has 5 rings (SSSR count). The average molecular weight is 451 g/mol. The zero-order chi connectivity index (χ0) is 22.6. The summed E-state index contributed by atoms with van der Waals surface area (Å²) in [5, 5.41) is 12.9. The highest BCUT2D eigenvalue weighted by Gasteiger charge is 2.24. The van der Waals surface area contributed by atoms with E-state index < -0.39 is 0 Å². The summed E-state index contributed by atoms with van der Waals surface area (Å²) in [6.45, 7) is 6.75. The molecule has 2 aromatic heterocycles. The Balaban J connectivity index is 1.70. The molecule has 0 bridgehead atoms. The molecule has 0 atom stereocenters. The Bertz CT molecular complexity index is 1080. The predicted octanol–water partition coefficient (Wildman–Crippen LogP) is 0.762. The molecular weight excluding hydrogens is 420 g/mol. The summed E-state index contributed by atoms with van der Waals surface area (Å²) in [5.74, 6) is 2.15. The molecule has 3 aromatic rings. The fraction of sp³-hybridized carbons (Fsp3) is 0.478. The number of fused-ring (bicyclic) bond motifs is 1. The first kappa shape index (κ1) is 21.7. The number of likely N-dealkylation sites (N-methyl/N-ethyl adjacent to an activating group) is 1. The molecule has 4 heterocycles. The number of hydrogen-bond acceptors (Lipinski definition) is 10. The van der Waals surface area contributed by atoms with Crippen LogP contribution >= 0.6 is 0 Å². The van der Waals surface area contributed by atoms with Gasteiger partial charge in [0, 0.05) is 58.4 Å². The van der Waals surface area contributed by atoms with Crippen LogP contribution in [0, 0.1) is 0 Å². The number of benzene rings is 1. The molecule has 0 unspecified atom stereocenters. The van der Waals surface area contributed by atoms with E-state index in [2.05, 4.69) is 15.1 Å². The van der Waals surface area contributed by atoms with Crippen LogP contribution < -0.4 is 20.0 Å². The Labute approximate surface area is 193 Å². The number of nitrogens with zero attached hydrogens (tertiary/aromatic N) is 7. The van der Waals surface area contributed by atoms with E-state index in [4.69, 9.17) is 24.7 Å². The molecule has 2 aliphatic heterocycles. The van der Waals surface area contributed by atoms with Crippen molar-refractivity contribution >= 4 is 28.7 Å². The van der Waals surface area contributed by atoms with Gasteiger partial charge in [-0.05, 0) is 0 Å². The van der Waals surface area contributed by atoms with Crippen molar-refractivity contribution in [3.8, 4) is 11.3 Å². The summed E-state index contributed by atoms with van der Waals surface area (Å²) in [5.41, 5.74) is 3.01. The van der Waals surface area contributed by atoms with E-state index in [1.54, 1.807) is 0 Å². The van der Waals surface area contributed by atoms with Crippen LogP contribution in [0.2, 0.25) is 0 Å². The normalized spacial score (nSPS) is 16.9. The van der Waals surface area contributed by atoms with Gasteiger partial charge in [-0.25, -0.2) is 9.97 Å². The maximum Gasteiger partial charge on any atom is 0.229 e. The molecule has 0 aliphatic carbocycles. The topological polar surface area (TPSA) is 103 Å². The molecular formula is C23H30N8O2. The Morgan fingerprint density at radius 2 is 1.73 bits per heavy atom. The van der Waals surface area contributed by atoms with E-state index in [-0.39, 0.29) is 6.61 Å². The van der Waals surface area contributed by atoms with Gasteiger partial charge in [-0.3, -0.25) is 0 Å². The fourth-order valence-corrected chi connectivity index (χ4v) is 4.23. The quantitative estimate of drug-likeness (QED) is 0.560. The van der Waals surface area contributed by atoms with Crippen molar-refractivity contribution in [3.63, 3.8) is 0 Å². The summed E-state index contributed by atoms with van der Waals surface area (Å²) < 4.78 is 5.57. The monoisotopic (exact) mass is 450 g/mol. The van der Waals surface area contributed by atoms with Crippen molar-refractivity contribution in [1.29, 1.82) is 0 Å². The zero-order valence-electron chi connectivity index (χ0n) is 18.9. The molecule has 2 fully saturated rings. The van der Waals surface area contributed by atoms with Crippen molar-refractivity contribution in [2.75, 3.05) is 87.4 Å². The van der Waals surface area contributed by atoms with Gasteiger partial charge in [-0.15, -0.1) is 0 Å².